The van der Waals surface area contributed by atoms with Crippen molar-refractivity contribution in [1.82, 2.24) is 4.72 Å². The first-order valence-corrected chi connectivity index (χ1v) is 14.2. The molecule has 0 unspecified atom stereocenters. The van der Waals surface area contributed by atoms with Crippen LogP contribution >= 0.6 is 11.8 Å². The van der Waals surface area contributed by atoms with Gasteiger partial charge < -0.3 is 10.1 Å². The smallest absolute Gasteiger partial charge is 0.262 e. The highest BCUT2D eigenvalue weighted by Crippen LogP contribution is 2.32. The molecule has 2 aromatic carbocycles. The zero-order valence-corrected chi connectivity index (χ0v) is 21.7. The Morgan fingerprint density at radius 3 is 2.03 bits per heavy atom. The zero-order valence-electron chi connectivity index (χ0n) is 19.3. The fraction of sp³-hybridized carbons (Fsp3) is 0.381. The molecule has 0 spiro atoms. The average molecular weight is 516 g/mol. The van der Waals surface area contributed by atoms with Crippen LogP contribution in [-0.2, 0) is 24.8 Å². The molecular weight excluding hydrogens is 486 g/mol. The lowest BCUT2D eigenvalue weighted by molar-refractivity contribution is -0.118. The number of benzene rings is 2. The van der Waals surface area contributed by atoms with Gasteiger partial charge in [0.15, 0.2) is 0 Å². The minimum absolute atomic E-state index is 0.0363. The second kappa shape index (κ2) is 10.8. The molecule has 3 N–H and O–H groups in total. The van der Waals surface area contributed by atoms with Crippen LogP contribution in [0.25, 0.3) is 0 Å². The number of carbonyl (C=O) groups excluding carboxylic acids is 1. The maximum Gasteiger partial charge on any atom is 0.262 e. The molecule has 0 saturated carbocycles. The van der Waals surface area contributed by atoms with E-state index in [1.807, 2.05) is 6.26 Å². The van der Waals surface area contributed by atoms with Crippen molar-refractivity contribution >= 4 is 49.1 Å². The Hall–Kier alpha value is -2.28. The molecule has 12 heteroatoms. The molecule has 1 amide bonds. The Morgan fingerprint density at radius 1 is 0.909 bits per heavy atom. The van der Waals surface area contributed by atoms with Crippen LogP contribution in [0, 0.1) is 5.92 Å². The maximum atomic E-state index is 13.1. The predicted molar refractivity (Wildman–Crippen MR) is 131 cm³/mol. The quantitative estimate of drug-likeness (QED) is 0.413. The number of rotatable bonds is 10. The summed E-state index contributed by atoms with van der Waals surface area (Å²) >= 11 is 1.36. The third kappa shape index (κ3) is 6.85. The number of anilines is 2. The lowest BCUT2D eigenvalue weighted by atomic mass is 10.2. The third-order valence-corrected chi connectivity index (χ3v) is 8.20. The number of hydrogen-bond acceptors (Lipinski definition) is 7. The fourth-order valence-corrected chi connectivity index (χ4v) is 5.64. The molecule has 2 rings (SSSR count). The molecule has 0 bridgehead atoms. The second-order valence-corrected chi connectivity index (χ2v) is 12.0. The predicted octanol–water partition coefficient (Wildman–Crippen LogP) is 3.50. The average Bonchev–Trinajstić information content (AvgIpc) is 2.72. The first-order valence-electron chi connectivity index (χ1n) is 10.0. The highest BCUT2D eigenvalue weighted by molar-refractivity contribution is 7.98. The topological polar surface area (TPSA) is 131 Å². The summed E-state index contributed by atoms with van der Waals surface area (Å²) in [6.45, 7) is 6.83. The summed E-state index contributed by atoms with van der Waals surface area (Å²) < 4.78 is 61.4. The second-order valence-electron chi connectivity index (χ2n) is 7.75. The Bertz CT molecular complexity index is 1230. The van der Waals surface area contributed by atoms with Crippen molar-refractivity contribution < 1.29 is 26.4 Å². The van der Waals surface area contributed by atoms with Gasteiger partial charge in [0.2, 0.25) is 15.9 Å². The highest BCUT2D eigenvalue weighted by atomic mass is 32.2. The van der Waals surface area contributed by atoms with E-state index >= 15 is 0 Å². The van der Waals surface area contributed by atoms with Gasteiger partial charge in [-0.1, -0.05) is 13.8 Å². The van der Waals surface area contributed by atoms with E-state index in [1.54, 1.807) is 33.8 Å². The van der Waals surface area contributed by atoms with Crippen molar-refractivity contribution in [1.29, 1.82) is 0 Å². The molecule has 2 aromatic rings. The van der Waals surface area contributed by atoms with Crippen molar-refractivity contribution in [2.75, 3.05) is 23.4 Å². The summed E-state index contributed by atoms with van der Waals surface area (Å²) in [6.07, 6.45) is 1.81. The molecule has 0 atom stereocenters. The van der Waals surface area contributed by atoms with Crippen LogP contribution in [0.2, 0.25) is 0 Å². The number of methoxy groups -OCH3 is 1. The Kier molecular flexibility index (Phi) is 8.80. The third-order valence-electron chi connectivity index (χ3n) is 4.38. The van der Waals surface area contributed by atoms with Crippen LogP contribution < -0.4 is 19.5 Å². The van der Waals surface area contributed by atoms with Crippen LogP contribution in [0.1, 0.15) is 27.7 Å². The van der Waals surface area contributed by atoms with E-state index in [9.17, 15) is 21.6 Å². The molecule has 0 radical (unpaired) electrons. The number of nitrogens with one attached hydrogen (secondary N) is 3. The van der Waals surface area contributed by atoms with Crippen LogP contribution in [-0.4, -0.2) is 42.2 Å². The number of amides is 1. The van der Waals surface area contributed by atoms with Gasteiger partial charge in [0.1, 0.15) is 5.75 Å². The van der Waals surface area contributed by atoms with Gasteiger partial charge in [-0.25, -0.2) is 21.6 Å². The maximum absolute atomic E-state index is 13.1. The molecule has 0 aliphatic carbocycles. The summed E-state index contributed by atoms with van der Waals surface area (Å²) in [5.74, 6) is -0.382. The number of hydrogen-bond donors (Lipinski definition) is 3. The standard InChI is InChI=1S/C21H29N3O6S3/c1-13(2)21(25)22-18-12-16(8-10-20(18)31-6)33(28,29)24-17-11-15(7-9-19(17)30-5)32(26,27)23-14(3)4/h7-14,23-24H,1-6H3,(H,22,25). The molecule has 0 aliphatic heterocycles. The molecule has 0 aliphatic rings. The SMILES string of the molecule is COc1ccc(S(=O)(=O)NC(C)C)cc1NS(=O)(=O)c1ccc(SC)c(NC(=O)C(C)C)c1. The van der Waals surface area contributed by atoms with E-state index in [-0.39, 0.29) is 39.1 Å². The van der Waals surface area contributed by atoms with E-state index < -0.39 is 20.0 Å². The lowest BCUT2D eigenvalue weighted by Crippen LogP contribution is -2.30. The van der Waals surface area contributed by atoms with E-state index in [0.29, 0.717) is 10.6 Å². The molecule has 0 fully saturated rings. The van der Waals surface area contributed by atoms with Crippen molar-refractivity contribution in [3.8, 4) is 5.75 Å². The first-order chi connectivity index (χ1) is 15.3. The minimum Gasteiger partial charge on any atom is -0.495 e. The van der Waals surface area contributed by atoms with Gasteiger partial charge in [0.25, 0.3) is 10.0 Å². The van der Waals surface area contributed by atoms with Gasteiger partial charge in [-0.15, -0.1) is 11.8 Å². The number of carbonyl (C=O) groups is 1. The van der Waals surface area contributed by atoms with E-state index in [4.69, 9.17) is 4.74 Å². The minimum atomic E-state index is -4.14. The number of ether oxygens (including phenoxy) is 1. The highest BCUT2D eigenvalue weighted by Gasteiger charge is 2.22. The summed E-state index contributed by atoms with van der Waals surface area (Å²) in [4.78, 5) is 12.6. The Morgan fingerprint density at radius 2 is 1.48 bits per heavy atom. The van der Waals surface area contributed by atoms with Crippen LogP contribution in [0.4, 0.5) is 11.4 Å². The summed E-state index contributed by atoms with van der Waals surface area (Å²) in [5, 5.41) is 2.74. The largest absolute Gasteiger partial charge is 0.495 e. The molecular formula is C21H29N3O6S3. The lowest BCUT2D eigenvalue weighted by Gasteiger charge is -2.16. The number of sulfonamides is 2. The van der Waals surface area contributed by atoms with Gasteiger partial charge in [0.05, 0.1) is 28.3 Å². The molecule has 33 heavy (non-hydrogen) atoms. The van der Waals surface area contributed by atoms with Crippen molar-refractivity contribution in [2.45, 2.75) is 48.4 Å². The summed E-state index contributed by atoms with van der Waals surface area (Å²) in [6, 6.07) is 7.92. The van der Waals surface area contributed by atoms with E-state index in [0.717, 1.165) is 0 Å². The first kappa shape index (κ1) is 27.0. The van der Waals surface area contributed by atoms with Gasteiger partial charge in [-0.05, 0) is 56.5 Å². The molecule has 0 saturated heterocycles. The molecule has 182 valence electrons. The molecule has 9 nitrogen and oxygen atoms in total. The molecule has 0 heterocycles. The molecule has 0 aromatic heterocycles. The summed E-state index contributed by atoms with van der Waals surface area (Å²) in [5.41, 5.74) is 0.333. The zero-order chi connectivity index (χ0) is 25.0. The van der Waals surface area contributed by atoms with Crippen LogP contribution in [0.5, 0.6) is 5.75 Å². The van der Waals surface area contributed by atoms with E-state index in [1.165, 1.54) is 49.2 Å². The normalized spacial score (nSPS) is 12.1. The Balaban J connectivity index is 2.48. The van der Waals surface area contributed by atoms with Gasteiger partial charge in [0, 0.05) is 16.9 Å². The van der Waals surface area contributed by atoms with Gasteiger partial charge in [-0.2, -0.15) is 0 Å². The fourth-order valence-electron chi connectivity index (χ4n) is 2.75. The Labute approximate surface area is 199 Å². The van der Waals surface area contributed by atoms with E-state index in [2.05, 4.69) is 14.8 Å². The number of thioether (sulfide) groups is 1. The summed E-state index contributed by atoms with van der Waals surface area (Å²) in [7, 11) is -6.65. The van der Waals surface area contributed by atoms with Crippen molar-refractivity contribution in [3.63, 3.8) is 0 Å². The van der Waals surface area contributed by atoms with Crippen molar-refractivity contribution in [3.05, 3.63) is 36.4 Å². The van der Waals surface area contributed by atoms with Crippen LogP contribution in [0.15, 0.2) is 51.1 Å². The van der Waals surface area contributed by atoms with Gasteiger partial charge >= 0.3 is 0 Å². The monoisotopic (exact) mass is 515 g/mol. The van der Waals surface area contributed by atoms with Gasteiger partial charge in [-0.3, -0.25) is 9.52 Å². The van der Waals surface area contributed by atoms with Crippen molar-refractivity contribution in [2.24, 2.45) is 5.92 Å². The van der Waals surface area contributed by atoms with Crippen LogP contribution in [0.3, 0.4) is 0 Å².